The predicted octanol–water partition coefficient (Wildman–Crippen LogP) is 2.37. The first-order chi connectivity index (χ1) is 7.56. The third-order valence-corrected chi connectivity index (χ3v) is 2.88. The van der Waals surface area contributed by atoms with E-state index in [0.717, 1.165) is 5.56 Å². The number of hydrogen-bond acceptors (Lipinski definition) is 4. The van der Waals surface area contributed by atoms with Crippen LogP contribution in [-0.2, 0) is 9.53 Å². The molecule has 0 spiro atoms. The van der Waals surface area contributed by atoms with Crippen molar-refractivity contribution >= 4 is 23.2 Å². The molecule has 0 unspecified atom stereocenters. The van der Waals surface area contributed by atoms with Crippen LogP contribution < -0.4 is 5.32 Å². The zero-order chi connectivity index (χ0) is 12.1. The third kappa shape index (κ3) is 3.06. The number of amides is 1. The van der Waals surface area contributed by atoms with Crippen LogP contribution in [0.4, 0.5) is 4.79 Å². The maximum Gasteiger partial charge on any atom is 0.407 e. The summed E-state index contributed by atoms with van der Waals surface area (Å²) in [5, 5.41) is 6.26. The first-order valence-corrected chi connectivity index (χ1v) is 5.90. The van der Waals surface area contributed by atoms with Gasteiger partial charge in [-0.1, -0.05) is 13.8 Å². The van der Waals surface area contributed by atoms with Gasteiger partial charge in [-0.05, 0) is 22.4 Å². The Balaban J connectivity index is 2.86. The average Bonchev–Trinajstić information content (AvgIpc) is 2.77. The standard InChI is InChI=1S/C11H15NO3S/c1-7(2)10(13)9(12-11(14)15-3)8-4-5-16-6-8/h4-7,9H,1-3H3,(H,12,14)/t9-/m1/s1. The van der Waals surface area contributed by atoms with Crippen LogP contribution in [0.3, 0.4) is 0 Å². The van der Waals surface area contributed by atoms with E-state index in [1.165, 1.54) is 18.4 Å². The van der Waals surface area contributed by atoms with Gasteiger partial charge in [0.05, 0.1) is 7.11 Å². The van der Waals surface area contributed by atoms with E-state index in [9.17, 15) is 9.59 Å². The molecular formula is C11H15NO3S. The Kier molecular flexibility index (Phi) is 4.49. The molecule has 1 atom stereocenters. The fourth-order valence-corrected chi connectivity index (χ4v) is 1.95. The average molecular weight is 241 g/mol. The van der Waals surface area contributed by atoms with Crippen LogP contribution in [0.2, 0.25) is 0 Å². The number of ether oxygens (including phenoxy) is 1. The highest BCUT2D eigenvalue weighted by molar-refractivity contribution is 7.08. The van der Waals surface area contributed by atoms with Crippen molar-refractivity contribution in [3.05, 3.63) is 22.4 Å². The quantitative estimate of drug-likeness (QED) is 0.880. The van der Waals surface area contributed by atoms with Crippen LogP contribution in [-0.4, -0.2) is 19.0 Å². The smallest absolute Gasteiger partial charge is 0.407 e. The van der Waals surface area contributed by atoms with Crippen LogP contribution in [0.5, 0.6) is 0 Å². The second kappa shape index (κ2) is 5.65. The van der Waals surface area contributed by atoms with Crippen molar-refractivity contribution in [2.75, 3.05) is 7.11 Å². The highest BCUT2D eigenvalue weighted by Gasteiger charge is 2.25. The highest BCUT2D eigenvalue weighted by Crippen LogP contribution is 2.20. The van der Waals surface area contributed by atoms with Gasteiger partial charge in [0.2, 0.25) is 0 Å². The van der Waals surface area contributed by atoms with Gasteiger partial charge in [0.15, 0.2) is 5.78 Å². The van der Waals surface area contributed by atoms with E-state index in [1.807, 2.05) is 16.8 Å². The first kappa shape index (κ1) is 12.7. The minimum absolute atomic E-state index is 0.0243. The van der Waals surface area contributed by atoms with Crippen molar-refractivity contribution in [1.82, 2.24) is 5.32 Å². The number of thiophene rings is 1. The molecule has 1 aromatic rings. The van der Waals surface area contributed by atoms with Crippen LogP contribution in [0.25, 0.3) is 0 Å². The lowest BCUT2D eigenvalue weighted by Gasteiger charge is -2.17. The lowest BCUT2D eigenvalue weighted by atomic mass is 9.97. The van der Waals surface area contributed by atoms with Gasteiger partial charge in [0, 0.05) is 5.92 Å². The van der Waals surface area contributed by atoms with E-state index in [-0.39, 0.29) is 11.7 Å². The van der Waals surface area contributed by atoms with Crippen LogP contribution in [0, 0.1) is 5.92 Å². The third-order valence-electron chi connectivity index (χ3n) is 2.18. The highest BCUT2D eigenvalue weighted by atomic mass is 32.1. The molecule has 1 amide bonds. The number of nitrogens with one attached hydrogen (secondary N) is 1. The van der Waals surface area contributed by atoms with Gasteiger partial charge in [-0.2, -0.15) is 11.3 Å². The molecule has 0 aliphatic carbocycles. The second-order valence-electron chi connectivity index (χ2n) is 3.68. The fourth-order valence-electron chi connectivity index (χ4n) is 1.27. The zero-order valence-corrected chi connectivity index (χ0v) is 10.3. The molecule has 1 aromatic heterocycles. The monoisotopic (exact) mass is 241 g/mol. The van der Waals surface area contributed by atoms with Crippen molar-refractivity contribution in [2.24, 2.45) is 5.92 Å². The Morgan fingerprint density at radius 2 is 2.12 bits per heavy atom. The molecule has 0 radical (unpaired) electrons. The minimum atomic E-state index is -0.612. The van der Waals surface area contributed by atoms with Gasteiger partial charge in [0.1, 0.15) is 6.04 Å². The summed E-state index contributed by atoms with van der Waals surface area (Å²) in [5.41, 5.74) is 0.800. The lowest BCUT2D eigenvalue weighted by Crippen LogP contribution is -2.35. The predicted molar refractivity (Wildman–Crippen MR) is 62.4 cm³/mol. The van der Waals surface area contributed by atoms with Crippen molar-refractivity contribution < 1.29 is 14.3 Å². The van der Waals surface area contributed by atoms with E-state index in [4.69, 9.17) is 0 Å². The normalized spacial score (nSPS) is 12.2. The summed E-state index contributed by atoms with van der Waals surface area (Å²) in [4.78, 5) is 23.1. The van der Waals surface area contributed by atoms with Crippen molar-refractivity contribution in [2.45, 2.75) is 19.9 Å². The molecule has 0 aliphatic heterocycles. The summed E-state index contributed by atoms with van der Waals surface area (Å²) in [7, 11) is 1.28. The van der Waals surface area contributed by atoms with Crippen LogP contribution >= 0.6 is 11.3 Å². The van der Waals surface area contributed by atoms with Crippen molar-refractivity contribution in [3.8, 4) is 0 Å². The van der Waals surface area contributed by atoms with E-state index < -0.39 is 12.1 Å². The maximum atomic E-state index is 11.9. The van der Waals surface area contributed by atoms with Gasteiger partial charge in [0.25, 0.3) is 0 Å². The SMILES string of the molecule is COC(=O)N[C@@H](C(=O)C(C)C)c1ccsc1. The summed E-state index contributed by atoms with van der Waals surface area (Å²) >= 11 is 1.49. The summed E-state index contributed by atoms with van der Waals surface area (Å²) in [6, 6.07) is 1.21. The van der Waals surface area contributed by atoms with E-state index in [2.05, 4.69) is 10.1 Å². The molecule has 0 aromatic carbocycles. The Labute approximate surface area is 98.6 Å². The van der Waals surface area contributed by atoms with Gasteiger partial charge < -0.3 is 10.1 Å². The molecule has 4 nitrogen and oxygen atoms in total. The van der Waals surface area contributed by atoms with Crippen molar-refractivity contribution in [1.29, 1.82) is 0 Å². The van der Waals surface area contributed by atoms with Crippen LogP contribution in [0.1, 0.15) is 25.5 Å². The summed E-state index contributed by atoms with van der Waals surface area (Å²) < 4.78 is 4.51. The van der Waals surface area contributed by atoms with E-state index in [0.29, 0.717) is 0 Å². The molecule has 1 heterocycles. The van der Waals surface area contributed by atoms with Crippen molar-refractivity contribution in [3.63, 3.8) is 0 Å². The second-order valence-corrected chi connectivity index (χ2v) is 4.46. The summed E-state index contributed by atoms with van der Waals surface area (Å²) in [6.07, 6.45) is -0.592. The Morgan fingerprint density at radius 1 is 1.44 bits per heavy atom. The molecule has 0 saturated carbocycles. The van der Waals surface area contributed by atoms with Gasteiger partial charge >= 0.3 is 6.09 Å². The zero-order valence-electron chi connectivity index (χ0n) is 9.52. The number of hydrogen-bond donors (Lipinski definition) is 1. The van der Waals surface area contributed by atoms with E-state index in [1.54, 1.807) is 13.8 Å². The number of ketones is 1. The molecule has 16 heavy (non-hydrogen) atoms. The Bertz CT molecular complexity index is 359. The molecule has 5 heteroatoms. The van der Waals surface area contributed by atoms with E-state index >= 15 is 0 Å². The molecular weight excluding hydrogens is 226 g/mol. The molecule has 0 saturated heterocycles. The Morgan fingerprint density at radius 3 is 2.56 bits per heavy atom. The Hall–Kier alpha value is -1.36. The number of Topliss-reactive ketones (excluding diaryl/α,β-unsaturated/α-hetero) is 1. The number of alkyl carbamates (subject to hydrolysis) is 1. The molecule has 0 bridgehead atoms. The molecule has 1 N–H and O–H groups in total. The maximum absolute atomic E-state index is 11.9. The first-order valence-electron chi connectivity index (χ1n) is 4.96. The number of carbonyl (C=O) groups is 2. The molecule has 0 fully saturated rings. The minimum Gasteiger partial charge on any atom is -0.453 e. The fraction of sp³-hybridized carbons (Fsp3) is 0.455. The largest absolute Gasteiger partial charge is 0.453 e. The summed E-state index contributed by atoms with van der Waals surface area (Å²) in [6.45, 7) is 3.61. The lowest BCUT2D eigenvalue weighted by molar-refractivity contribution is -0.124. The number of carbonyl (C=O) groups excluding carboxylic acids is 2. The number of methoxy groups -OCH3 is 1. The van der Waals surface area contributed by atoms with Crippen LogP contribution in [0.15, 0.2) is 16.8 Å². The number of rotatable bonds is 4. The molecule has 1 rings (SSSR count). The van der Waals surface area contributed by atoms with Gasteiger partial charge in [-0.25, -0.2) is 4.79 Å². The molecule has 88 valence electrons. The summed E-state index contributed by atoms with van der Waals surface area (Å²) in [5.74, 6) is -0.161. The van der Waals surface area contributed by atoms with Gasteiger partial charge in [-0.3, -0.25) is 4.79 Å². The molecule has 0 aliphatic rings. The topological polar surface area (TPSA) is 55.4 Å². The van der Waals surface area contributed by atoms with Gasteiger partial charge in [-0.15, -0.1) is 0 Å².